The van der Waals surface area contributed by atoms with Gasteiger partial charge in [-0.1, -0.05) is 49.0 Å². The molecule has 2 aromatic carbocycles. The molecule has 5 heterocycles. The number of nitrogens with zero attached hydrogens (tertiary/aromatic N) is 3. The van der Waals surface area contributed by atoms with Crippen LogP contribution >= 0.6 is 11.3 Å². The van der Waals surface area contributed by atoms with Gasteiger partial charge in [0.2, 0.25) is 0 Å². The van der Waals surface area contributed by atoms with Crippen LogP contribution in [0, 0.1) is 0 Å². The molecule has 7 aromatic rings. The zero-order valence-electron chi connectivity index (χ0n) is 22.6. The van der Waals surface area contributed by atoms with Crippen LogP contribution in [0.5, 0.6) is 0 Å². The molecule has 0 saturated heterocycles. The van der Waals surface area contributed by atoms with E-state index in [-0.39, 0.29) is 0 Å². The average molecular weight is 553 g/mol. The Morgan fingerprint density at radius 3 is 2.61 bits per heavy atom. The summed E-state index contributed by atoms with van der Waals surface area (Å²) in [5.41, 5.74) is 11.0. The fraction of sp³-hybridized carbons (Fsp3) is 0.0882. The molecule has 0 fully saturated rings. The number of aromatic amines is 2. The van der Waals surface area contributed by atoms with Gasteiger partial charge in [0.1, 0.15) is 11.2 Å². The van der Waals surface area contributed by atoms with Gasteiger partial charge in [-0.3, -0.25) is 10.1 Å². The molecule has 200 valence electrons. The number of hydrogen-bond acceptors (Lipinski definition) is 5. The number of aromatic nitrogens is 5. The quantitative estimate of drug-likeness (QED) is 0.177. The van der Waals surface area contributed by atoms with Gasteiger partial charge in [0, 0.05) is 57.3 Å². The summed E-state index contributed by atoms with van der Waals surface area (Å²) in [7, 11) is 0. The molecule has 0 aliphatic carbocycles. The van der Waals surface area contributed by atoms with Crippen LogP contribution in [0.2, 0.25) is 0 Å². The number of benzene rings is 2. The van der Waals surface area contributed by atoms with Crippen molar-refractivity contribution in [1.29, 1.82) is 0 Å². The van der Waals surface area contributed by atoms with Gasteiger partial charge in [-0.25, -0.2) is 4.98 Å². The van der Waals surface area contributed by atoms with Crippen molar-refractivity contribution in [1.82, 2.24) is 30.5 Å². The Balaban J connectivity index is 1.19. The van der Waals surface area contributed by atoms with Crippen LogP contribution < -0.4 is 5.32 Å². The molecule has 5 aromatic heterocycles. The lowest BCUT2D eigenvalue weighted by Crippen LogP contribution is -2.12. The second-order valence-corrected chi connectivity index (χ2v) is 11.3. The van der Waals surface area contributed by atoms with Crippen molar-refractivity contribution in [2.75, 3.05) is 0 Å². The Hall–Kier alpha value is -4.85. The first-order valence-corrected chi connectivity index (χ1v) is 14.4. The Labute approximate surface area is 241 Å². The van der Waals surface area contributed by atoms with Crippen LogP contribution in [0.25, 0.3) is 60.6 Å². The lowest BCUT2D eigenvalue weighted by molar-refractivity contribution is 0.691. The molecule has 41 heavy (non-hydrogen) atoms. The van der Waals surface area contributed by atoms with Crippen molar-refractivity contribution in [3.63, 3.8) is 0 Å². The van der Waals surface area contributed by atoms with Crippen LogP contribution in [0.15, 0.2) is 104 Å². The van der Waals surface area contributed by atoms with Gasteiger partial charge in [-0.2, -0.15) is 5.10 Å². The van der Waals surface area contributed by atoms with Crippen molar-refractivity contribution >= 4 is 38.8 Å². The summed E-state index contributed by atoms with van der Waals surface area (Å²) in [6, 6.07) is 29.5. The number of fused-ring (bicyclic) bond motifs is 2. The molecule has 0 spiro atoms. The number of allylic oxidation sites excluding steroid dienone is 1. The van der Waals surface area contributed by atoms with E-state index in [1.54, 1.807) is 11.3 Å². The molecule has 0 saturated carbocycles. The maximum absolute atomic E-state index is 5.04. The number of nitrogens with one attached hydrogen (secondary N) is 3. The molecular weight excluding hydrogens is 524 g/mol. The minimum atomic E-state index is 0.727. The Kier molecular flexibility index (Phi) is 6.51. The summed E-state index contributed by atoms with van der Waals surface area (Å²) < 4.78 is 0. The maximum atomic E-state index is 5.04. The second-order valence-electron chi connectivity index (χ2n) is 10.2. The highest BCUT2D eigenvalue weighted by atomic mass is 32.1. The number of H-pyrrole nitrogens is 2. The van der Waals surface area contributed by atoms with E-state index in [0.29, 0.717) is 0 Å². The van der Waals surface area contributed by atoms with E-state index in [9.17, 15) is 0 Å². The van der Waals surface area contributed by atoms with Crippen molar-refractivity contribution in [3.8, 4) is 33.1 Å². The van der Waals surface area contributed by atoms with E-state index in [1.807, 2.05) is 37.5 Å². The minimum Gasteiger partial charge on any atom is -0.353 e. The largest absolute Gasteiger partial charge is 0.353 e. The van der Waals surface area contributed by atoms with E-state index in [2.05, 4.69) is 98.8 Å². The molecule has 0 radical (unpaired) electrons. The number of rotatable bonds is 8. The second kappa shape index (κ2) is 10.6. The SMILES string of the molecule is C=C(C)c1ccc(-c2cccc3[nH]c(-c4n[nH]c5ccc(-c6cncc(CNCc7ccccc7)c6)nc45)cc23)s1. The fourth-order valence-electron chi connectivity index (χ4n) is 5.13. The first-order chi connectivity index (χ1) is 20.1. The third-order valence-corrected chi connectivity index (χ3v) is 8.49. The molecule has 7 rings (SSSR count). The normalized spacial score (nSPS) is 11.4. The Morgan fingerprint density at radius 2 is 1.76 bits per heavy atom. The molecule has 7 heteroatoms. The van der Waals surface area contributed by atoms with Gasteiger partial charge < -0.3 is 10.3 Å². The minimum absolute atomic E-state index is 0.727. The first-order valence-electron chi connectivity index (χ1n) is 13.5. The van der Waals surface area contributed by atoms with Crippen LogP contribution in [-0.2, 0) is 13.1 Å². The van der Waals surface area contributed by atoms with Crippen LogP contribution in [-0.4, -0.2) is 25.1 Å². The number of thiophene rings is 1. The van der Waals surface area contributed by atoms with Crippen LogP contribution in [0.4, 0.5) is 0 Å². The topological polar surface area (TPSA) is 82.3 Å². The van der Waals surface area contributed by atoms with E-state index in [1.165, 1.54) is 20.9 Å². The van der Waals surface area contributed by atoms with Gasteiger partial charge in [-0.15, -0.1) is 11.3 Å². The number of pyridine rings is 2. The predicted molar refractivity (Wildman–Crippen MR) is 169 cm³/mol. The predicted octanol–water partition coefficient (Wildman–Crippen LogP) is 8.22. The van der Waals surface area contributed by atoms with Gasteiger partial charge in [0.25, 0.3) is 0 Å². The molecule has 0 amide bonds. The Bertz CT molecular complexity index is 2010. The van der Waals surface area contributed by atoms with Crippen molar-refractivity contribution in [2.45, 2.75) is 20.0 Å². The monoisotopic (exact) mass is 552 g/mol. The number of hydrogen-bond donors (Lipinski definition) is 3. The van der Waals surface area contributed by atoms with Crippen molar-refractivity contribution in [2.24, 2.45) is 0 Å². The van der Waals surface area contributed by atoms with E-state index in [0.717, 1.165) is 68.8 Å². The molecule has 3 N–H and O–H groups in total. The van der Waals surface area contributed by atoms with Crippen molar-refractivity contribution < 1.29 is 0 Å². The van der Waals surface area contributed by atoms with E-state index in [4.69, 9.17) is 4.98 Å². The highest BCUT2D eigenvalue weighted by Crippen LogP contribution is 2.38. The zero-order valence-corrected chi connectivity index (χ0v) is 23.4. The molecule has 0 atom stereocenters. The zero-order chi connectivity index (χ0) is 27.8. The summed E-state index contributed by atoms with van der Waals surface area (Å²) >= 11 is 1.76. The average Bonchev–Trinajstić information content (AvgIpc) is 3.76. The van der Waals surface area contributed by atoms with E-state index < -0.39 is 0 Å². The van der Waals surface area contributed by atoms with Gasteiger partial charge >= 0.3 is 0 Å². The molecule has 6 nitrogen and oxygen atoms in total. The summed E-state index contributed by atoms with van der Waals surface area (Å²) in [6.45, 7) is 7.68. The summed E-state index contributed by atoms with van der Waals surface area (Å²) in [6.07, 6.45) is 3.77. The van der Waals surface area contributed by atoms with Crippen LogP contribution in [0.3, 0.4) is 0 Å². The van der Waals surface area contributed by atoms with Crippen molar-refractivity contribution in [3.05, 3.63) is 120 Å². The lowest BCUT2D eigenvalue weighted by Gasteiger charge is -2.07. The highest BCUT2D eigenvalue weighted by Gasteiger charge is 2.16. The molecule has 0 aliphatic rings. The van der Waals surface area contributed by atoms with E-state index >= 15 is 0 Å². The third-order valence-electron chi connectivity index (χ3n) is 7.21. The summed E-state index contributed by atoms with van der Waals surface area (Å²) in [5.74, 6) is 0. The molecule has 0 bridgehead atoms. The molecular formula is C34H28N6S. The third kappa shape index (κ3) is 4.97. The first kappa shape index (κ1) is 25.1. The summed E-state index contributed by atoms with van der Waals surface area (Å²) in [4.78, 5) is 15.5. The highest BCUT2D eigenvalue weighted by molar-refractivity contribution is 7.16. The standard InChI is InChI=1S/C34H28N6S/c1-21(2)31-13-14-32(41-31)25-9-6-10-28-26(25)16-30(37-28)34-33-29(39-40-34)12-11-27(38-33)24-15-23(19-36-20-24)18-35-17-22-7-4-3-5-8-22/h3-16,19-20,35,37H,1,17-18H2,2H3,(H,39,40). The van der Waals surface area contributed by atoms with Gasteiger partial charge in [0.15, 0.2) is 0 Å². The van der Waals surface area contributed by atoms with Crippen LogP contribution in [0.1, 0.15) is 22.9 Å². The molecule has 0 aliphatic heterocycles. The van der Waals surface area contributed by atoms with Gasteiger partial charge in [-0.05, 0) is 66.1 Å². The summed E-state index contributed by atoms with van der Waals surface area (Å²) in [5, 5.41) is 12.5. The maximum Gasteiger partial charge on any atom is 0.135 e. The smallest absolute Gasteiger partial charge is 0.135 e. The Morgan fingerprint density at radius 1 is 0.878 bits per heavy atom. The molecule has 0 unspecified atom stereocenters. The van der Waals surface area contributed by atoms with Gasteiger partial charge in [0.05, 0.1) is 16.9 Å². The fourth-order valence-corrected chi connectivity index (χ4v) is 6.10. The lowest BCUT2D eigenvalue weighted by atomic mass is 10.1.